The van der Waals surface area contributed by atoms with Gasteiger partial charge in [-0.15, -0.1) is 13.2 Å². The van der Waals surface area contributed by atoms with E-state index in [9.17, 15) is 36.2 Å². The first-order valence-electron chi connectivity index (χ1n) is 8.12. The van der Waals surface area contributed by atoms with Gasteiger partial charge in [0, 0.05) is 18.2 Å². The molecule has 0 aliphatic rings. The molecular formula is C17H10B2F6O7. The largest absolute Gasteiger partial charge is 0.573 e. The van der Waals surface area contributed by atoms with E-state index in [0.29, 0.717) is 18.2 Å². The van der Waals surface area contributed by atoms with Gasteiger partial charge in [-0.05, 0) is 12.1 Å². The van der Waals surface area contributed by atoms with Crippen molar-refractivity contribution < 1.29 is 59.9 Å². The summed E-state index contributed by atoms with van der Waals surface area (Å²) < 4.78 is 98.9. The molecule has 2 aromatic carbocycles. The molecule has 0 amide bonds. The van der Waals surface area contributed by atoms with Crippen LogP contribution in [0.3, 0.4) is 0 Å². The molecule has 1 N–H and O–H groups in total. The fourth-order valence-electron chi connectivity index (χ4n) is 2.25. The number of alkyl halides is 5. The molecule has 32 heavy (non-hydrogen) atoms. The number of carbonyl (C=O) groups is 1. The molecule has 2 rings (SSSR count). The lowest BCUT2D eigenvalue weighted by Crippen LogP contribution is -2.36. The Balaban J connectivity index is 2.57. The van der Waals surface area contributed by atoms with Gasteiger partial charge >= 0.3 is 18.9 Å². The van der Waals surface area contributed by atoms with E-state index in [0.717, 1.165) is 19.2 Å². The molecule has 2 aromatic rings. The highest BCUT2D eigenvalue weighted by atomic mass is 19.4. The second-order valence-electron chi connectivity index (χ2n) is 5.76. The minimum Gasteiger partial charge on any atom is -0.478 e. The van der Waals surface area contributed by atoms with Gasteiger partial charge < -0.3 is 28.8 Å². The molecule has 0 unspecified atom stereocenters. The summed E-state index contributed by atoms with van der Waals surface area (Å²) >= 11 is 0. The van der Waals surface area contributed by atoms with Crippen LogP contribution < -0.4 is 18.9 Å². The van der Waals surface area contributed by atoms with Crippen molar-refractivity contribution >= 4 is 21.7 Å². The summed E-state index contributed by atoms with van der Waals surface area (Å²) in [6.45, 7) is -3.37. The third-order valence-corrected chi connectivity index (χ3v) is 3.28. The van der Waals surface area contributed by atoms with Crippen LogP contribution in [0.4, 0.5) is 26.3 Å². The van der Waals surface area contributed by atoms with E-state index >= 15 is 0 Å². The highest BCUT2D eigenvalue weighted by molar-refractivity contribution is 6.37. The maximum atomic E-state index is 14.4. The smallest absolute Gasteiger partial charge is 0.478 e. The normalized spacial score (nSPS) is 11.8. The van der Waals surface area contributed by atoms with Crippen molar-refractivity contribution in [2.45, 2.75) is 18.6 Å². The summed E-state index contributed by atoms with van der Waals surface area (Å²) in [7, 11) is 11.0. The predicted molar refractivity (Wildman–Crippen MR) is 94.7 cm³/mol. The average Bonchev–Trinajstić information content (AvgIpc) is 2.60. The molecule has 0 spiro atoms. The number of benzene rings is 2. The van der Waals surface area contributed by atoms with E-state index in [-0.39, 0.29) is 0 Å². The highest BCUT2D eigenvalue weighted by Crippen LogP contribution is 2.40. The minimum atomic E-state index is -5.11. The van der Waals surface area contributed by atoms with Gasteiger partial charge in [-0.1, -0.05) is 0 Å². The molecule has 0 bridgehead atoms. The lowest BCUT2D eigenvalue weighted by Gasteiger charge is -2.24. The lowest BCUT2D eigenvalue weighted by atomic mass is 9.76. The van der Waals surface area contributed by atoms with Gasteiger partial charge in [-0.25, -0.2) is 9.18 Å². The van der Waals surface area contributed by atoms with Crippen molar-refractivity contribution in [3.8, 4) is 28.7 Å². The molecular weight excluding hydrogens is 452 g/mol. The minimum absolute atomic E-state index is 0.446. The molecule has 0 fully saturated rings. The molecule has 15 heteroatoms. The zero-order valence-corrected chi connectivity index (χ0v) is 15.8. The molecule has 0 aromatic heterocycles. The van der Waals surface area contributed by atoms with Crippen molar-refractivity contribution in [2.75, 3.05) is 7.11 Å². The number of halogens is 6. The molecule has 0 saturated carbocycles. The monoisotopic (exact) mass is 462 g/mol. The fourth-order valence-corrected chi connectivity index (χ4v) is 2.25. The predicted octanol–water partition coefficient (Wildman–Crippen LogP) is 3.22. The second-order valence-corrected chi connectivity index (χ2v) is 5.76. The summed E-state index contributed by atoms with van der Waals surface area (Å²) in [4.78, 5) is 11.9. The van der Waals surface area contributed by atoms with Gasteiger partial charge in [0.2, 0.25) is 0 Å². The summed E-state index contributed by atoms with van der Waals surface area (Å²) in [6, 6.07) is 3.16. The highest BCUT2D eigenvalue weighted by Gasteiger charge is 2.32. The van der Waals surface area contributed by atoms with Crippen molar-refractivity contribution in [3.05, 3.63) is 41.7 Å². The van der Waals surface area contributed by atoms with Crippen LogP contribution in [0.15, 0.2) is 30.3 Å². The number of rotatable bonds is 8. The Morgan fingerprint density at radius 2 is 1.62 bits per heavy atom. The summed E-state index contributed by atoms with van der Waals surface area (Å²) in [6.07, 6.45) is -5.11. The van der Waals surface area contributed by atoms with Crippen molar-refractivity contribution in [1.29, 1.82) is 0 Å². The van der Waals surface area contributed by atoms with Crippen LogP contribution in [0.2, 0.25) is 0 Å². The first-order valence-corrected chi connectivity index (χ1v) is 8.12. The van der Waals surface area contributed by atoms with Crippen molar-refractivity contribution in [1.82, 2.24) is 0 Å². The van der Waals surface area contributed by atoms with Crippen LogP contribution in [0.5, 0.6) is 28.7 Å². The Labute approximate surface area is 178 Å². The summed E-state index contributed by atoms with van der Waals surface area (Å²) in [5.41, 5.74) is -3.81. The molecule has 0 heterocycles. The van der Waals surface area contributed by atoms with E-state index in [4.69, 9.17) is 20.4 Å². The number of methoxy groups -OCH3 is 1. The molecule has 7 nitrogen and oxygen atoms in total. The summed E-state index contributed by atoms with van der Waals surface area (Å²) in [5.74, 6) is -6.44. The third kappa shape index (κ3) is 7.18. The van der Waals surface area contributed by atoms with E-state index in [1.807, 2.05) is 0 Å². The van der Waals surface area contributed by atoms with E-state index in [2.05, 4.69) is 18.9 Å². The Morgan fingerprint density at radius 1 is 1.00 bits per heavy atom. The number of hydrogen-bond donors (Lipinski definition) is 1. The number of esters is 1. The number of aliphatic hydroxyl groups is 1. The van der Waals surface area contributed by atoms with Crippen LogP contribution in [-0.2, 0) is 4.74 Å². The third-order valence-electron chi connectivity index (χ3n) is 3.28. The second kappa shape index (κ2) is 9.51. The number of carbonyl (C=O) groups excluding carboxylic acids is 1. The molecule has 0 atom stereocenters. The Morgan fingerprint density at radius 3 is 2.16 bits per heavy atom. The molecule has 0 aliphatic heterocycles. The molecule has 4 radical (unpaired) electrons. The van der Waals surface area contributed by atoms with Gasteiger partial charge in [0.15, 0.2) is 27.2 Å². The maximum absolute atomic E-state index is 14.4. The van der Waals surface area contributed by atoms with E-state index < -0.39 is 64.7 Å². The lowest BCUT2D eigenvalue weighted by molar-refractivity contribution is -0.274. The van der Waals surface area contributed by atoms with Crippen LogP contribution in [0.1, 0.15) is 10.4 Å². The van der Waals surface area contributed by atoms with Gasteiger partial charge in [0.1, 0.15) is 34.2 Å². The molecule has 0 aliphatic carbocycles. The Kier molecular flexibility index (Phi) is 7.44. The van der Waals surface area contributed by atoms with Crippen LogP contribution >= 0.6 is 0 Å². The first-order chi connectivity index (χ1) is 14.7. The summed E-state index contributed by atoms with van der Waals surface area (Å²) in [5, 5.41) is 9.43. The SMILES string of the molecule is [B]C([B])(O)Oc1cc(OC(F)(F)F)ccc1Oc1cc(OC(F)F)cc(F)c1C(=O)OC. The average molecular weight is 462 g/mol. The van der Waals surface area contributed by atoms with Gasteiger partial charge in [-0.2, -0.15) is 8.78 Å². The van der Waals surface area contributed by atoms with Crippen molar-refractivity contribution in [2.24, 2.45) is 0 Å². The molecule has 0 saturated heterocycles. The number of hydrogen-bond acceptors (Lipinski definition) is 7. The Bertz CT molecular complexity index is 979. The van der Waals surface area contributed by atoms with Gasteiger partial charge in [0.25, 0.3) is 0 Å². The van der Waals surface area contributed by atoms with Crippen LogP contribution in [0.25, 0.3) is 0 Å². The first kappa shape index (κ1) is 25.0. The number of ether oxygens (including phenoxy) is 5. The van der Waals surface area contributed by atoms with Gasteiger partial charge in [-0.3, -0.25) is 0 Å². The van der Waals surface area contributed by atoms with Gasteiger partial charge in [0.05, 0.1) is 7.11 Å². The quantitative estimate of drug-likeness (QED) is 0.280. The standard InChI is InChI=1S/C17H10B2F6O7/c1-28-14(26)13-9(20)4-8(29-15(21)22)6-12(13)30-10-3-2-7(31-17(23,24)25)5-11(10)32-16(18,19)27/h2-6,15,27H,1H3. The van der Waals surface area contributed by atoms with E-state index in [1.165, 1.54) is 0 Å². The zero-order chi connectivity index (χ0) is 24.3. The van der Waals surface area contributed by atoms with Crippen LogP contribution in [0, 0.1) is 5.82 Å². The van der Waals surface area contributed by atoms with Crippen molar-refractivity contribution in [3.63, 3.8) is 0 Å². The maximum Gasteiger partial charge on any atom is 0.573 e. The fraction of sp³-hybridized carbons (Fsp3) is 0.235. The van der Waals surface area contributed by atoms with E-state index in [1.54, 1.807) is 0 Å². The molecule has 168 valence electrons. The van der Waals surface area contributed by atoms with Crippen LogP contribution in [-0.4, -0.2) is 52.4 Å². The zero-order valence-electron chi connectivity index (χ0n) is 15.8. The topological polar surface area (TPSA) is 83.5 Å². The Hall–Kier alpha value is -3.22.